The van der Waals surface area contributed by atoms with Gasteiger partial charge in [0.2, 0.25) is 5.89 Å². The fraction of sp³-hybridized carbons (Fsp3) is 0.133. The number of nitrogen functional groups attached to an aromatic ring is 1. The molecule has 2 heterocycles. The summed E-state index contributed by atoms with van der Waals surface area (Å²) in [6.45, 7) is 2.08. The van der Waals surface area contributed by atoms with Gasteiger partial charge in [-0.3, -0.25) is 0 Å². The summed E-state index contributed by atoms with van der Waals surface area (Å²) in [6.07, 6.45) is 1.73. The number of hydrogen-bond acceptors (Lipinski definition) is 5. The predicted molar refractivity (Wildman–Crippen MR) is 85.0 cm³/mol. The first-order chi connectivity index (χ1) is 9.72. The van der Waals surface area contributed by atoms with Gasteiger partial charge >= 0.3 is 0 Å². The van der Waals surface area contributed by atoms with Gasteiger partial charge < -0.3 is 10.2 Å². The number of nitrogens with zero attached hydrogens (tertiary/aromatic N) is 1. The van der Waals surface area contributed by atoms with Gasteiger partial charge in [0.1, 0.15) is 6.26 Å². The van der Waals surface area contributed by atoms with E-state index in [4.69, 9.17) is 10.2 Å². The van der Waals surface area contributed by atoms with E-state index in [1.165, 1.54) is 10.5 Å². The van der Waals surface area contributed by atoms with Crippen molar-refractivity contribution < 1.29 is 4.42 Å². The highest BCUT2D eigenvalue weighted by atomic mass is 32.2. The van der Waals surface area contributed by atoms with Gasteiger partial charge in [-0.2, -0.15) is 0 Å². The molecule has 0 amide bonds. The zero-order valence-electron chi connectivity index (χ0n) is 11.0. The molecule has 3 rings (SSSR count). The summed E-state index contributed by atoms with van der Waals surface area (Å²) in [4.78, 5) is 6.75. The average molecular weight is 302 g/mol. The number of thiophene rings is 1. The largest absolute Gasteiger partial charge is 0.444 e. The molecule has 20 heavy (non-hydrogen) atoms. The maximum Gasteiger partial charge on any atom is 0.236 e. The molecule has 5 heteroatoms. The van der Waals surface area contributed by atoms with Crippen LogP contribution in [0.2, 0.25) is 0 Å². The summed E-state index contributed by atoms with van der Waals surface area (Å²) in [5.74, 6) is 1.47. The van der Waals surface area contributed by atoms with Gasteiger partial charge in [0.25, 0.3) is 0 Å². The molecule has 0 atom stereocenters. The lowest BCUT2D eigenvalue weighted by atomic mass is 10.2. The van der Waals surface area contributed by atoms with Crippen molar-refractivity contribution in [2.75, 3.05) is 5.73 Å². The van der Waals surface area contributed by atoms with Crippen molar-refractivity contribution in [1.29, 1.82) is 0 Å². The Morgan fingerprint density at radius 2 is 2.25 bits per heavy atom. The number of nitrogens with two attached hydrogens (primary N) is 1. The van der Waals surface area contributed by atoms with Crippen LogP contribution in [0.5, 0.6) is 0 Å². The van der Waals surface area contributed by atoms with Gasteiger partial charge in [-0.25, -0.2) is 4.98 Å². The van der Waals surface area contributed by atoms with Gasteiger partial charge in [0.15, 0.2) is 0 Å². The molecule has 0 saturated heterocycles. The lowest BCUT2D eigenvalue weighted by Gasteiger charge is -2.04. The SMILES string of the molecule is Cc1ccc(N)cc1SCc1coc(-c2cccs2)n1. The highest BCUT2D eigenvalue weighted by molar-refractivity contribution is 7.98. The van der Waals surface area contributed by atoms with Crippen molar-refractivity contribution in [3.8, 4) is 10.8 Å². The number of benzene rings is 1. The van der Waals surface area contributed by atoms with E-state index in [2.05, 4.69) is 11.9 Å². The summed E-state index contributed by atoms with van der Waals surface area (Å²) in [5.41, 5.74) is 8.78. The first kappa shape index (κ1) is 13.3. The minimum atomic E-state index is 0.694. The van der Waals surface area contributed by atoms with E-state index in [1.54, 1.807) is 29.4 Å². The summed E-state index contributed by atoms with van der Waals surface area (Å²) in [7, 11) is 0. The molecule has 3 nitrogen and oxygen atoms in total. The monoisotopic (exact) mass is 302 g/mol. The van der Waals surface area contributed by atoms with E-state index >= 15 is 0 Å². The Balaban J connectivity index is 1.71. The number of aromatic nitrogens is 1. The number of thioether (sulfide) groups is 1. The number of oxazole rings is 1. The molecule has 0 spiro atoms. The minimum absolute atomic E-state index is 0.694. The normalized spacial score (nSPS) is 10.8. The van der Waals surface area contributed by atoms with Crippen LogP contribution in [0.3, 0.4) is 0 Å². The quantitative estimate of drug-likeness (QED) is 0.566. The molecule has 0 saturated carbocycles. The lowest BCUT2D eigenvalue weighted by Crippen LogP contribution is -1.88. The second-order valence-electron chi connectivity index (χ2n) is 4.43. The molecule has 0 unspecified atom stereocenters. The van der Waals surface area contributed by atoms with E-state index in [9.17, 15) is 0 Å². The van der Waals surface area contributed by atoms with Crippen molar-refractivity contribution >= 4 is 28.8 Å². The lowest BCUT2D eigenvalue weighted by molar-refractivity contribution is 0.575. The van der Waals surface area contributed by atoms with Gasteiger partial charge in [-0.05, 0) is 36.1 Å². The van der Waals surface area contributed by atoms with Crippen LogP contribution >= 0.6 is 23.1 Å². The number of aryl methyl sites for hydroxylation is 1. The smallest absolute Gasteiger partial charge is 0.236 e. The summed E-state index contributed by atoms with van der Waals surface area (Å²) in [6, 6.07) is 9.96. The topological polar surface area (TPSA) is 52.0 Å². The number of hydrogen-bond donors (Lipinski definition) is 1. The van der Waals surface area contributed by atoms with Crippen LogP contribution in [-0.2, 0) is 5.75 Å². The highest BCUT2D eigenvalue weighted by Crippen LogP contribution is 2.29. The number of anilines is 1. The Hall–Kier alpha value is -1.72. The summed E-state index contributed by atoms with van der Waals surface area (Å²) >= 11 is 3.35. The molecule has 0 aliphatic carbocycles. The fourth-order valence-electron chi connectivity index (χ4n) is 1.81. The van der Waals surface area contributed by atoms with E-state index in [1.807, 2.05) is 35.7 Å². The van der Waals surface area contributed by atoms with Crippen LogP contribution in [0.15, 0.2) is 51.3 Å². The highest BCUT2D eigenvalue weighted by Gasteiger charge is 2.08. The molecule has 1 aromatic carbocycles. The summed E-state index contributed by atoms with van der Waals surface area (Å²) in [5, 5.41) is 2.02. The molecule has 2 aromatic heterocycles. The van der Waals surface area contributed by atoms with Crippen LogP contribution in [0.25, 0.3) is 10.8 Å². The molecule has 0 aliphatic rings. The zero-order chi connectivity index (χ0) is 13.9. The van der Waals surface area contributed by atoms with Crippen molar-refractivity contribution in [2.24, 2.45) is 0 Å². The fourth-order valence-corrected chi connectivity index (χ4v) is 3.42. The molecule has 0 radical (unpaired) electrons. The van der Waals surface area contributed by atoms with E-state index < -0.39 is 0 Å². The number of rotatable bonds is 4. The predicted octanol–water partition coefficient (Wildman–Crippen LogP) is 4.59. The standard InChI is InChI=1S/C15H14N2OS2/c1-10-4-5-11(16)7-14(10)20-9-12-8-18-15(17-12)13-3-2-6-19-13/h2-8H,9,16H2,1H3. The Labute approximate surface area is 125 Å². The zero-order valence-corrected chi connectivity index (χ0v) is 12.6. The van der Waals surface area contributed by atoms with Crippen molar-refractivity contribution in [3.63, 3.8) is 0 Å². The van der Waals surface area contributed by atoms with Gasteiger partial charge in [-0.1, -0.05) is 12.1 Å². The Kier molecular flexibility index (Phi) is 3.80. The van der Waals surface area contributed by atoms with Crippen LogP contribution in [-0.4, -0.2) is 4.98 Å². The van der Waals surface area contributed by atoms with Gasteiger partial charge in [0, 0.05) is 16.3 Å². The Morgan fingerprint density at radius 1 is 1.35 bits per heavy atom. The molecule has 102 valence electrons. The second-order valence-corrected chi connectivity index (χ2v) is 6.40. The van der Waals surface area contributed by atoms with Crippen LogP contribution < -0.4 is 5.73 Å². The molecular formula is C15H14N2OS2. The first-order valence-corrected chi connectivity index (χ1v) is 8.06. The van der Waals surface area contributed by atoms with Crippen LogP contribution in [0.1, 0.15) is 11.3 Å². The average Bonchev–Trinajstić information content (AvgIpc) is 3.09. The molecule has 0 aliphatic heterocycles. The van der Waals surface area contributed by atoms with Gasteiger partial charge in [0.05, 0.1) is 10.6 Å². The molecule has 0 fully saturated rings. The maximum atomic E-state index is 5.82. The summed E-state index contributed by atoms with van der Waals surface area (Å²) < 4.78 is 5.51. The van der Waals surface area contributed by atoms with E-state index in [0.717, 1.165) is 22.0 Å². The van der Waals surface area contributed by atoms with Crippen LogP contribution in [0.4, 0.5) is 5.69 Å². The molecule has 2 N–H and O–H groups in total. The van der Waals surface area contributed by atoms with E-state index in [-0.39, 0.29) is 0 Å². The van der Waals surface area contributed by atoms with Crippen molar-refractivity contribution in [2.45, 2.75) is 17.6 Å². The minimum Gasteiger partial charge on any atom is -0.444 e. The third kappa shape index (κ3) is 2.89. The van der Waals surface area contributed by atoms with Gasteiger partial charge in [-0.15, -0.1) is 23.1 Å². The third-order valence-electron chi connectivity index (χ3n) is 2.87. The molecule has 3 aromatic rings. The van der Waals surface area contributed by atoms with Crippen LogP contribution in [0, 0.1) is 6.92 Å². The second kappa shape index (κ2) is 5.73. The Morgan fingerprint density at radius 3 is 3.05 bits per heavy atom. The molecular weight excluding hydrogens is 288 g/mol. The first-order valence-electron chi connectivity index (χ1n) is 6.19. The van der Waals surface area contributed by atoms with Crippen molar-refractivity contribution in [3.05, 3.63) is 53.2 Å². The van der Waals surface area contributed by atoms with Crippen molar-refractivity contribution in [1.82, 2.24) is 4.98 Å². The van der Waals surface area contributed by atoms with E-state index in [0.29, 0.717) is 5.89 Å². The molecule has 0 bridgehead atoms. The maximum absolute atomic E-state index is 5.82. The third-order valence-corrected chi connectivity index (χ3v) is 4.92. The Bertz CT molecular complexity index is 704.